The standard InChI is InChI=1S/C9H11N3O/c10-5-8-6-13-9(12-8)7-1-3-11-4-2-7/h6-7,11H,1-4H2. The molecule has 0 spiro atoms. The van der Waals surface area contributed by atoms with Gasteiger partial charge in [0.15, 0.2) is 11.6 Å². The number of piperidine rings is 1. The average molecular weight is 177 g/mol. The Hall–Kier alpha value is -1.34. The largest absolute Gasteiger partial charge is 0.447 e. The van der Waals surface area contributed by atoms with Gasteiger partial charge in [-0.1, -0.05) is 0 Å². The maximum Gasteiger partial charge on any atom is 0.198 e. The summed E-state index contributed by atoms with van der Waals surface area (Å²) < 4.78 is 5.23. The molecular weight excluding hydrogens is 166 g/mol. The Morgan fingerprint density at radius 2 is 2.31 bits per heavy atom. The summed E-state index contributed by atoms with van der Waals surface area (Å²) in [6.45, 7) is 2.02. The van der Waals surface area contributed by atoms with Gasteiger partial charge in [0.1, 0.15) is 12.3 Å². The molecule has 1 N–H and O–H groups in total. The van der Waals surface area contributed by atoms with Crippen LogP contribution in [0.2, 0.25) is 0 Å². The van der Waals surface area contributed by atoms with Crippen molar-refractivity contribution < 1.29 is 4.42 Å². The van der Waals surface area contributed by atoms with E-state index in [1.807, 2.05) is 6.07 Å². The number of oxazole rings is 1. The first kappa shape index (κ1) is 8.27. The van der Waals surface area contributed by atoms with Gasteiger partial charge in [-0.15, -0.1) is 0 Å². The molecule has 1 aliphatic heterocycles. The quantitative estimate of drug-likeness (QED) is 0.695. The van der Waals surface area contributed by atoms with Crippen molar-refractivity contribution in [3.8, 4) is 6.07 Å². The number of hydrogen-bond acceptors (Lipinski definition) is 4. The van der Waals surface area contributed by atoms with Crippen LogP contribution in [0.5, 0.6) is 0 Å². The van der Waals surface area contributed by atoms with E-state index in [9.17, 15) is 0 Å². The van der Waals surface area contributed by atoms with Crippen molar-refractivity contribution in [3.05, 3.63) is 17.8 Å². The van der Waals surface area contributed by atoms with Crippen LogP contribution in [0.3, 0.4) is 0 Å². The SMILES string of the molecule is N#Cc1coc(C2CCNCC2)n1. The summed E-state index contributed by atoms with van der Waals surface area (Å²) in [6, 6.07) is 1.97. The Balaban J connectivity index is 2.11. The second-order valence-electron chi connectivity index (χ2n) is 3.21. The van der Waals surface area contributed by atoms with E-state index in [-0.39, 0.29) is 0 Å². The lowest BCUT2D eigenvalue weighted by molar-refractivity contribution is 0.374. The van der Waals surface area contributed by atoms with Crippen LogP contribution in [0.15, 0.2) is 10.7 Å². The van der Waals surface area contributed by atoms with Gasteiger partial charge in [0.05, 0.1) is 0 Å². The van der Waals surface area contributed by atoms with Gasteiger partial charge < -0.3 is 9.73 Å². The summed E-state index contributed by atoms with van der Waals surface area (Å²) in [5.74, 6) is 1.11. The summed E-state index contributed by atoms with van der Waals surface area (Å²) in [6.07, 6.45) is 3.52. The Morgan fingerprint density at radius 3 is 2.92 bits per heavy atom. The molecule has 0 unspecified atom stereocenters. The lowest BCUT2D eigenvalue weighted by Gasteiger charge is -2.19. The molecule has 2 rings (SSSR count). The smallest absolute Gasteiger partial charge is 0.198 e. The van der Waals surface area contributed by atoms with Crippen molar-refractivity contribution in [2.75, 3.05) is 13.1 Å². The van der Waals surface area contributed by atoms with E-state index in [2.05, 4.69) is 10.3 Å². The monoisotopic (exact) mass is 177 g/mol. The minimum absolute atomic E-state index is 0.383. The van der Waals surface area contributed by atoms with Gasteiger partial charge >= 0.3 is 0 Å². The Kier molecular flexibility index (Phi) is 2.28. The van der Waals surface area contributed by atoms with E-state index in [0.29, 0.717) is 11.6 Å². The molecule has 1 aliphatic rings. The zero-order valence-electron chi connectivity index (χ0n) is 7.29. The molecule has 4 nitrogen and oxygen atoms in total. The summed E-state index contributed by atoms with van der Waals surface area (Å²) in [7, 11) is 0. The lowest BCUT2D eigenvalue weighted by Crippen LogP contribution is -2.26. The third kappa shape index (κ3) is 1.70. The lowest BCUT2D eigenvalue weighted by atomic mass is 9.98. The van der Waals surface area contributed by atoms with Gasteiger partial charge in [-0.25, -0.2) is 4.98 Å². The highest BCUT2D eigenvalue weighted by Gasteiger charge is 2.19. The first-order chi connectivity index (χ1) is 6.40. The minimum Gasteiger partial charge on any atom is -0.447 e. The molecule has 13 heavy (non-hydrogen) atoms. The molecule has 2 heterocycles. The molecule has 0 bridgehead atoms. The number of aromatic nitrogens is 1. The minimum atomic E-state index is 0.383. The fourth-order valence-electron chi connectivity index (χ4n) is 1.60. The van der Waals surface area contributed by atoms with Crippen LogP contribution < -0.4 is 5.32 Å². The molecule has 1 aromatic rings. The van der Waals surface area contributed by atoms with Crippen molar-refractivity contribution in [1.29, 1.82) is 5.26 Å². The second kappa shape index (κ2) is 3.58. The Bertz CT molecular complexity index is 320. The number of nitrogens with zero attached hydrogens (tertiary/aromatic N) is 2. The van der Waals surface area contributed by atoms with Crippen molar-refractivity contribution in [3.63, 3.8) is 0 Å². The maximum absolute atomic E-state index is 8.56. The van der Waals surface area contributed by atoms with Crippen LogP contribution in [0.4, 0.5) is 0 Å². The van der Waals surface area contributed by atoms with Crippen LogP contribution in [0.25, 0.3) is 0 Å². The van der Waals surface area contributed by atoms with Crippen molar-refractivity contribution >= 4 is 0 Å². The molecule has 1 saturated heterocycles. The van der Waals surface area contributed by atoms with E-state index < -0.39 is 0 Å². The van der Waals surface area contributed by atoms with E-state index in [4.69, 9.17) is 9.68 Å². The van der Waals surface area contributed by atoms with Crippen LogP contribution in [0.1, 0.15) is 30.3 Å². The van der Waals surface area contributed by atoms with E-state index >= 15 is 0 Å². The highest BCUT2D eigenvalue weighted by molar-refractivity contribution is 5.16. The summed E-state index contributed by atoms with van der Waals surface area (Å²) in [4.78, 5) is 4.10. The molecule has 0 amide bonds. The molecule has 0 aromatic carbocycles. The topological polar surface area (TPSA) is 61.9 Å². The summed E-state index contributed by atoms with van der Waals surface area (Å²) >= 11 is 0. The summed E-state index contributed by atoms with van der Waals surface area (Å²) in [5, 5.41) is 11.8. The maximum atomic E-state index is 8.56. The van der Waals surface area contributed by atoms with Gasteiger partial charge in [0, 0.05) is 5.92 Å². The first-order valence-corrected chi connectivity index (χ1v) is 4.46. The van der Waals surface area contributed by atoms with Crippen LogP contribution in [-0.2, 0) is 0 Å². The van der Waals surface area contributed by atoms with Crippen LogP contribution in [0, 0.1) is 11.3 Å². The van der Waals surface area contributed by atoms with Gasteiger partial charge in [0.2, 0.25) is 0 Å². The summed E-state index contributed by atoms with van der Waals surface area (Å²) in [5.41, 5.74) is 0.383. The van der Waals surface area contributed by atoms with Gasteiger partial charge in [-0.2, -0.15) is 5.26 Å². The van der Waals surface area contributed by atoms with Crippen LogP contribution in [-0.4, -0.2) is 18.1 Å². The van der Waals surface area contributed by atoms with Gasteiger partial charge in [-0.05, 0) is 25.9 Å². The number of nitriles is 1. The molecular formula is C9H11N3O. The Labute approximate surface area is 76.6 Å². The Morgan fingerprint density at radius 1 is 1.54 bits per heavy atom. The molecule has 4 heteroatoms. The van der Waals surface area contributed by atoms with E-state index in [0.717, 1.165) is 31.8 Å². The fourth-order valence-corrected chi connectivity index (χ4v) is 1.60. The molecule has 0 radical (unpaired) electrons. The molecule has 0 saturated carbocycles. The van der Waals surface area contributed by atoms with E-state index in [1.165, 1.54) is 6.26 Å². The predicted molar refractivity (Wildman–Crippen MR) is 46.1 cm³/mol. The average Bonchev–Trinajstić information content (AvgIpc) is 2.67. The first-order valence-electron chi connectivity index (χ1n) is 4.46. The highest BCUT2D eigenvalue weighted by Crippen LogP contribution is 2.23. The highest BCUT2D eigenvalue weighted by atomic mass is 16.3. The zero-order chi connectivity index (χ0) is 9.10. The molecule has 1 aromatic heterocycles. The number of nitrogens with one attached hydrogen (secondary N) is 1. The second-order valence-corrected chi connectivity index (χ2v) is 3.21. The van der Waals surface area contributed by atoms with Gasteiger partial charge in [-0.3, -0.25) is 0 Å². The fraction of sp³-hybridized carbons (Fsp3) is 0.556. The predicted octanol–water partition coefficient (Wildman–Crippen LogP) is 1.01. The third-order valence-electron chi connectivity index (χ3n) is 2.32. The molecule has 68 valence electrons. The third-order valence-corrected chi connectivity index (χ3v) is 2.32. The number of rotatable bonds is 1. The van der Waals surface area contributed by atoms with E-state index in [1.54, 1.807) is 0 Å². The molecule has 1 fully saturated rings. The van der Waals surface area contributed by atoms with Crippen LogP contribution >= 0.6 is 0 Å². The number of hydrogen-bond donors (Lipinski definition) is 1. The molecule has 0 atom stereocenters. The van der Waals surface area contributed by atoms with Crippen molar-refractivity contribution in [1.82, 2.24) is 10.3 Å². The van der Waals surface area contributed by atoms with Crippen molar-refractivity contribution in [2.24, 2.45) is 0 Å². The van der Waals surface area contributed by atoms with Crippen molar-refractivity contribution in [2.45, 2.75) is 18.8 Å². The molecule has 0 aliphatic carbocycles. The zero-order valence-corrected chi connectivity index (χ0v) is 7.29. The normalized spacial score (nSPS) is 18.4. The van der Waals surface area contributed by atoms with Gasteiger partial charge in [0.25, 0.3) is 0 Å².